The van der Waals surface area contributed by atoms with Crippen LogP contribution in [0.1, 0.15) is 28.4 Å². The van der Waals surface area contributed by atoms with Crippen LogP contribution in [0.4, 0.5) is 4.39 Å². The van der Waals surface area contributed by atoms with Gasteiger partial charge in [-0.1, -0.05) is 36.7 Å². The van der Waals surface area contributed by atoms with Crippen LogP contribution in [-0.2, 0) is 17.6 Å². The molecule has 0 unspecified atom stereocenters. The highest BCUT2D eigenvalue weighted by Crippen LogP contribution is 2.30. The molecule has 0 bridgehead atoms. The molecule has 0 fully saturated rings. The summed E-state index contributed by atoms with van der Waals surface area (Å²) in [6.45, 7) is 2.02. The lowest BCUT2D eigenvalue weighted by atomic mass is 9.99. The van der Waals surface area contributed by atoms with Crippen LogP contribution in [0.25, 0.3) is 0 Å². The number of carbonyl (C=O) groups is 1. The van der Waals surface area contributed by atoms with Crippen molar-refractivity contribution in [3.63, 3.8) is 0 Å². The van der Waals surface area contributed by atoms with E-state index in [1.165, 1.54) is 13.2 Å². The Morgan fingerprint density at radius 2 is 1.91 bits per heavy atom. The largest absolute Gasteiger partial charge is 0.465 e. The Bertz CT molecular complexity index is 703. The van der Waals surface area contributed by atoms with E-state index in [2.05, 4.69) is 0 Å². The molecule has 0 radical (unpaired) electrons. The zero-order valence-electron chi connectivity index (χ0n) is 13.1. The lowest BCUT2D eigenvalue weighted by Crippen LogP contribution is -2.07. The molecule has 0 heterocycles. The van der Waals surface area contributed by atoms with Gasteiger partial charge in [-0.2, -0.15) is 0 Å². The summed E-state index contributed by atoms with van der Waals surface area (Å²) < 4.78 is 18.9. The van der Waals surface area contributed by atoms with Gasteiger partial charge in [0.25, 0.3) is 0 Å². The summed E-state index contributed by atoms with van der Waals surface area (Å²) in [7, 11) is 1.35. The van der Waals surface area contributed by atoms with E-state index in [0.717, 1.165) is 16.2 Å². The second-order valence-electron chi connectivity index (χ2n) is 4.96. The first-order valence-electron chi connectivity index (χ1n) is 7.33. The summed E-state index contributed by atoms with van der Waals surface area (Å²) in [5, 5.41) is 0.438. The number of methoxy groups -OCH3 is 1. The van der Waals surface area contributed by atoms with Crippen molar-refractivity contribution in [2.24, 2.45) is 0 Å². The Balaban J connectivity index is 2.21. The minimum atomic E-state index is -0.376. The molecule has 0 aliphatic rings. The minimum Gasteiger partial charge on any atom is -0.465 e. The molecule has 0 N–H and O–H groups in total. The first-order valence-corrected chi connectivity index (χ1v) is 8.70. The SMILES string of the molecule is CCSc1cc(CCc2ccccc2C(=O)OC)c(F)cc1Cl. The Labute approximate surface area is 145 Å². The van der Waals surface area contributed by atoms with Crippen molar-refractivity contribution in [3.05, 3.63) is 63.9 Å². The predicted molar refractivity (Wildman–Crippen MR) is 93.0 cm³/mol. The molecular formula is C18H18ClFO2S. The normalized spacial score (nSPS) is 10.6. The molecule has 2 aromatic rings. The molecule has 0 aromatic heterocycles. The molecule has 0 spiro atoms. The molecule has 0 aliphatic carbocycles. The zero-order chi connectivity index (χ0) is 16.8. The van der Waals surface area contributed by atoms with Gasteiger partial charge < -0.3 is 4.74 Å². The van der Waals surface area contributed by atoms with Crippen LogP contribution in [0.3, 0.4) is 0 Å². The molecule has 0 amide bonds. The second-order valence-corrected chi connectivity index (χ2v) is 6.67. The van der Waals surface area contributed by atoms with Gasteiger partial charge in [-0.15, -0.1) is 11.8 Å². The Kier molecular flexibility index (Phi) is 6.48. The van der Waals surface area contributed by atoms with Gasteiger partial charge in [0.2, 0.25) is 0 Å². The van der Waals surface area contributed by atoms with Gasteiger partial charge in [-0.3, -0.25) is 0 Å². The smallest absolute Gasteiger partial charge is 0.338 e. The summed E-state index contributed by atoms with van der Waals surface area (Å²) in [6, 6.07) is 10.4. The third kappa shape index (κ3) is 4.49. The zero-order valence-corrected chi connectivity index (χ0v) is 14.6. The first kappa shape index (κ1) is 17.8. The van der Waals surface area contributed by atoms with E-state index >= 15 is 0 Å². The van der Waals surface area contributed by atoms with Gasteiger partial charge in [0.15, 0.2) is 0 Å². The molecule has 0 aliphatic heterocycles. The highest BCUT2D eigenvalue weighted by Gasteiger charge is 2.13. The number of carbonyl (C=O) groups excluding carboxylic acids is 1. The van der Waals surface area contributed by atoms with Gasteiger partial charge in [-0.25, -0.2) is 9.18 Å². The van der Waals surface area contributed by atoms with Crippen molar-refractivity contribution in [2.45, 2.75) is 24.7 Å². The van der Waals surface area contributed by atoms with Crippen molar-refractivity contribution >= 4 is 29.3 Å². The van der Waals surface area contributed by atoms with Crippen LogP contribution in [0, 0.1) is 5.82 Å². The average molecular weight is 353 g/mol. The number of thioether (sulfide) groups is 1. The number of halogens is 2. The summed E-state index contributed by atoms with van der Waals surface area (Å²) in [6.07, 6.45) is 1.05. The topological polar surface area (TPSA) is 26.3 Å². The Hall–Kier alpha value is -1.52. The fourth-order valence-electron chi connectivity index (χ4n) is 2.35. The van der Waals surface area contributed by atoms with Crippen LogP contribution < -0.4 is 0 Å². The maximum Gasteiger partial charge on any atom is 0.338 e. The molecule has 0 saturated heterocycles. The molecule has 0 saturated carbocycles. The van der Waals surface area contributed by atoms with Crippen LogP contribution in [-0.4, -0.2) is 18.8 Å². The first-order chi connectivity index (χ1) is 11.1. The summed E-state index contributed by atoms with van der Waals surface area (Å²) in [5.74, 6) is 0.182. The fourth-order valence-corrected chi connectivity index (χ4v) is 3.39. The number of ether oxygens (including phenoxy) is 1. The maximum atomic E-state index is 14.1. The second kappa shape index (κ2) is 8.37. The van der Waals surface area contributed by atoms with Crippen molar-refractivity contribution < 1.29 is 13.9 Å². The van der Waals surface area contributed by atoms with Crippen LogP contribution in [0.5, 0.6) is 0 Å². The Morgan fingerprint density at radius 3 is 2.61 bits per heavy atom. The quantitative estimate of drug-likeness (QED) is 0.530. The van der Waals surface area contributed by atoms with Gasteiger partial charge >= 0.3 is 5.97 Å². The molecule has 2 nitrogen and oxygen atoms in total. The number of rotatable bonds is 6. The van der Waals surface area contributed by atoms with E-state index in [4.69, 9.17) is 16.3 Å². The van der Waals surface area contributed by atoms with Crippen molar-refractivity contribution in [1.29, 1.82) is 0 Å². The number of esters is 1. The van der Waals surface area contributed by atoms with Crippen LogP contribution in [0.15, 0.2) is 41.3 Å². The highest BCUT2D eigenvalue weighted by molar-refractivity contribution is 7.99. The molecule has 122 valence electrons. The van der Waals surface area contributed by atoms with Crippen molar-refractivity contribution in [3.8, 4) is 0 Å². The number of hydrogen-bond donors (Lipinski definition) is 0. The monoisotopic (exact) mass is 352 g/mol. The molecule has 0 atom stereocenters. The van der Waals surface area contributed by atoms with E-state index in [-0.39, 0.29) is 11.8 Å². The number of aryl methyl sites for hydroxylation is 2. The van der Waals surface area contributed by atoms with Crippen LogP contribution in [0.2, 0.25) is 5.02 Å². The van der Waals surface area contributed by atoms with Gasteiger partial charge in [-0.05, 0) is 47.9 Å². The lowest BCUT2D eigenvalue weighted by Gasteiger charge is -2.10. The molecule has 2 aromatic carbocycles. The van der Waals surface area contributed by atoms with E-state index in [1.807, 2.05) is 19.1 Å². The Morgan fingerprint density at radius 1 is 1.22 bits per heavy atom. The molecular weight excluding hydrogens is 335 g/mol. The van der Waals surface area contributed by atoms with Crippen molar-refractivity contribution in [1.82, 2.24) is 0 Å². The van der Waals surface area contributed by atoms with E-state index in [9.17, 15) is 9.18 Å². The average Bonchev–Trinajstić information content (AvgIpc) is 2.56. The summed E-state index contributed by atoms with van der Waals surface area (Å²) in [5.41, 5.74) is 1.97. The van der Waals surface area contributed by atoms with Gasteiger partial charge in [0.1, 0.15) is 5.82 Å². The maximum absolute atomic E-state index is 14.1. The number of benzene rings is 2. The molecule has 5 heteroatoms. The molecule has 2 rings (SSSR count). The third-order valence-electron chi connectivity index (χ3n) is 3.49. The summed E-state index contributed by atoms with van der Waals surface area (Å²) in [4.78, 5) is 12.7. The van der Waals surface area contributed by atoms with E-state index in [0.29, 0.717) is 29.0 Å². The van der Waals surface area contributed by atoms with Crippen molar-refractivity contribution in [2.75, 3.05) is 12.9 Å². The van der Waals surface area contributed by atoms with Gasteiger partial charge in [0.05, 0.1) is 17.7 Å². The standard InChI is InChI=1S/C18H18ClFO2S/c1-3-23-17-10-13(16(20)11-15(17)19)9-8-12-6-4-5-7-14(12)18(21)22-2/h4-7,10-11H,3,8-9H2,1-2H3. The van der Waals surface area contributed by atoms with Gasteiger partial charge in [0, 0.05) is 4.90 Å². The molecule has 23 heavy (non-hydrogen) atoms. The lowest BCUT2D eigenvalue weighted by molar-refractivity contribution is 0.0599. The highest BCUT2D eigenvalue weighted by atomic mass is 35.5. The minimum absolute atomic E-state index is 0.314. The number of hydrogen-bond acceptors (Lipinski definition) is 3. The van der Waals surface area contributed by atoms with E-state index in [1.54, 1.807) is 30.0 Å². The summed E-state index contributed by atoms with van der Waals surface area (Å²) >= 11 is 7.65. The van der Waals surface area contributed by atoms with Crippen LogP contribution >= 0.6 is 23.4 Å². The van der Waals surface area contributed by atoms with E-state index < -0.39 is 0 Å². The predicted octanol–water partition coefficient (Wildman–Crippen LogP) is 5.16. The third-order valence-corrected chi connectivity index (χ3v) is 4.85. The fraction of sp³-hybridized carbons (Fsp3) is 0.278.